The lowest BCUT2D eigenvalue weighted by Crippen LogP contribution is -2.53. The maximum absolute atomic E-state index is 11.6. The van der Waals surface area contributed by atoms with E-state index >= 15 is 0 Å². The summed E-state index contributed by atoms with van der Waals surface area (Å²) in [5.41, 5.74) is 4.96. The maximum Gasteiger partial charge on any atom is 0.237 e. The molecule has 2 rings (SSSR count). The molecule has 3 N–H and O–H groups in total. The fourth-order valence-electron chi connectivity index (χ4n) is 2.14. The summed E-state index contributed by atoms with van der Waals surface area (Å²) in [6, 6.07) is 0.496. The van der Waals surface area contributed by atoms with Crippen LogP contribution < -0.4 is 11.1 Å². The van der Waals surface area contributed by atoms with Crippen molar-refractivity contribution in [2.75, 3.05) is 0 Å². The molecule has 1 unspecified atom stereocenters. The predicted octanol–water partition coefficient (Wildman–Crippen LogP) is 1.05. The number of carbonyl (C=O) groups is 1. The average Bonchev–Trinajstić information content (AvgIpc) is 2.97. The van der Waals surface area contributed by atoms with Crippen molar-refractivity contribution in [3.05, 3.63) is 18.7 Å². The Balaban J connectivity index is 1.73. The van der Waals surface area contributed by atoms with Gasteiger partial charge in [-0.25, -0.2) is 4.98 Å². The molecule has 1 aromatic rings. The molecule has 5 nitrogen and oxygen atoms in total. The second kappa shape index (κ2) is 5.52. The molecule has 0 aliphatic heterocycles. The molecule has 0 aromatic carbocycles. The molecule has 0 bridgehead atoms. The number of nitrogens with two attached hydrogens (primary N) is 1. The quantitative estimate of drug-likeness (QED) is 0.677. The van der Waals surface area contributed by atoms with E-state index in [1.165, 1.54) is 0 Å². The van der Waals surface area contributed by atoms with Crippen LogP contribution in [0.15, 0.2) is 18.7 Å². The van der Waals surface area contributed by atoms with Crippen LogP contribution in [-0.4, -0.2) is 27.0 Å². The first-order valence-corrected chi connectivity index (χ1v) is 6.63. The van der Waals surface area contributed by atoms with Crippen LogP contribution in [0.5, 0.6) is 0 Å². The number of nitrogens with zero attached hydrogens (tertiary/aromatic N) is 2. The summed E-state index contributed by atoms with van der Waals surface area (Å²) in [6.07, 6.45) is 10.7. The molecule has 0 saturated heterocycles. The van der Waals surface area contributed by atoms with Gasteiger partial charge in [0.15, 0.2) is 0 Å². The lowest BCUT2D eigenvalue weighted by Gasteiger charge is -2.27. The SMILES string of the molecule is CC(CCCCn1ccnc1)(NC1CC1)C(N)=O. The highest BCUT2D eigenvalue weighted by molar-refractivity contribution is 5.84. The van der Waals surface area contributed by atoms with Gasteiger partial charge in [-0.3, -0.25) is 4.79 Å². The van der Waals surface area contributed by atoms with Crippen molar-refractivity contribution in [3.63, 3.8) is 0 Å². The highest BCUT2D eigenvalue weighted by Gasteiger charge is 2.36. The smallest absolute Gasteiger partial charge is 0.237 e. The van der Waals surface area contributed by atoms with Crippen molar-refractivity contribution in [1.82, 2.24) is 14.9 Å². The van der Waals surface area contributed by atoms with Gasteiger partial charge < -0.3 is 15.6 Å². The summed E-state index contributed by atoms with van der Waals surface area (Å²) in [4.78, 5) is 15.6. The number of rotatable bonds is 8. The lowest BCUT2D eigenvalue weighted by molar-refractivity contribution is -0.124. The Labute approximate surface area is 108 Å². The van der Waals surface area contributed by atoms with E-state index in [-0.39, 0.29) is 5.91 Å². The summed E-state index contributed by atoms with van der Waals surface area (Å²) in [5.74, 6) is -0.239. The minimum absolute atomic E-state index is 0.239. The van der Waals surface area contributed by atoms with Gasteiger partial charge in [-0.05, 0) is 39.0 Å². The summed E-state index contributed by atoms with van der Waals surface area (Å²) in [7, 11) is 0. The van der Waals surface area contributed by atoms with Crippen LogP contribution in [0.1, 0.15) is 39.0 Å². The number of carbonyl (C=O) groups excluding carboxylic acids is 1. The Morgan fingerprint density at radius 1 is 1.56 bits per heavy atom. The summed E-state index contributed by atoms with van der Waals surface area (Å²) < 4.78 is 2.05. The molecule has 18 heavy (non-hydrogen) atoms. The van der Waals surface area contributed by atoms with Gasteiger partial charge >= 0.3 is 0 Å². The van der Waals surface area contributed by atoms with E-state index in [4.69, 9.17) is 5.73 Å². The molecule has 0 radical (unpaired) electrons. The van der Waals surface area contributed by atoms with Gasteiger partial charge in [0.25, 0.3) is 0 Å². The van der Waals surface area contributed by atoms with Crippen molar-refractivity contribution >= 4 is 5.91 Å². The Morgan fingerprint density at radius 3 is 2.89 bits per heavy atom. The second-order valence-corrected chi connectivity index (χ2v) is 5.37. The number of amides is 1. The molecule has 1 aliphatic carbocycles. The highest BCUT2D eigenvalue weighted by Crippen LogP contribution is 2.25. The highest BCUT2D eigenvalue weighted by atomic mass is 16.1. The molecule has 1 saturated carbocycles. The molecule has 1 fully saturated rings. The van der Waals surface area contributed by atoms with E-state index in [2.05, 4.69) is 14.9 Å². The van der Waals surface area contributed by atoms with E-state index in [0.29, 0.717) is 6.04 Å². The molecule has 1 atom stereocenters. The lowest BCUT2D eigenvalue weighted by atomic mass is 9.93. The summed E-state index contributed by atoms with van der Waals surface area (Å²) >= 11 is 0. The van der Waals surface area contributed by atoms with Gasteiger partial charge in [-0.15, -0.1) is 0 Å². The molecule has 1 aromatic heterocycles. The molecule has 1 heterocycles. The van der Waals surface area contributed by atoms with Crippen molar-refractivity contribution in [1.29, 1.82) is 0 Å². The monoisotopic (exact) mass is 250 g/mol. The first kappa shape index (κ1) is 13.1. The van der Waals surface area contributed by atoms with Crippen LogP contribution in [0.3, 0.4) is 0 Å². The third-order valence-corrected chi connectivity index (χ3v) is 3.55. The fraction of sp³-hybridized carbons (Fsp3) is 0.692. The molecule has 100 valence electrons. The second-order valence-electron chi connectivity index (χ2n) is 5.37. The van der Waals surface area contributed by atoms with E-state index < -0.39 is 5.54 Å². The van der Waals surface area contributed by atoms with Crippen LogP contribution in [0.2, 0.25) is 0 Å². The zero-order chi connectivity index (χ0) is 13.0. The van der Waals surface area contributed by atoms with Crippen LogP contribution >= 0.6 is 0 Å². The maximum atomic E-state index is 11.6. The molecular weight excluding hydrogens is 228 g/mol. The number of aromatic nitrogens is 2. The third kappa shape index (κ3) is 3.57. The zero-order valence-electron chi connectivity index (χ0n) is 10.9. The number of imidazole rings is 1. The van der Waals surface area contributed by atoms with Crippen LogP contribution in [0.25, 0.3) is 0 Å². The van der Waals surface area contributed by atoms with Gasteiger partial charge in [0.1, 0.15) is 0 Å². The third-order valence-electron chi connectivity index (χ3n) is 3.55. The number of hydrogen-bond donors (Lipinski definition) is 2. The van der Waals surface area contributed by atoms with Crippen molar-refractivity contribution in [3.8, 4) is 0 Å². The van der Waals surface area contributed by atoms with E-state index in [0.717, 1.165) is 38.6 Å². The zero-order valence-corrected chi connectivity index (χ0v) is 10.9. The van der Waals surface area contributed by atoms with Gasteiger partial charge in [0, 0.05) is 25.0 Å². The standard InChI is InChI=1S/C13H22N4O/c1-13(12(14)18,16-11-4-5-11)6-2-3-8-17-9-7-15-10-17/h7,9-11,16H,2-6,8H2,1H3,(H2,14,18). The molecular formula is C13H22N4O. The normalized spacial score (nSPS) is 18.5. The van der Waals surface area contributed by atoms with E-state index in [1.54, 1.807) is 6.20 Å². The fourth-order valence-corrected chi connectivity index (χ4v) is 2.14. The first-order chi connectivity index (χ1) is 8.60. The van der Waals surface area contributed by atoms with Crippen LogP contribution in [0.4, 0.5) is 0 Å². The van der Waals surface area contributed by atoms with Gasteiger partial charge in [0.2, 0.25) is 5.91 Å². The largest absolute Gasteiger partial charge is 0.368 e. The minimum Gasteiger partial charge on any atom is -0.368 e. The van der Waals surface area contributed by atoms with Crippen molar-refractivity contribution < 1.29 is 4.79 Å². The van der Waals surface area contributed by atoms with E-state index in [1.807, 2.05) is 19.4 Å². The molecule has 5 heteroatoms. The summed E-state index contributed by atoms with van der Waals surface area (Å²) in [6.45, 7) is 2.86. The number of nitrogens with one attached hydrogen (secondary N) is 1. The Morgan fingerprint density at radius 2 is 2.33 bits per heavy atom. The predicted molar refractivity (Wildman–Crippen MR) is 69.8 cm³/mol. The Kier molecular flexibility index (Phi) is 4.01. The van der Waals surface area contributed by atoms with Crippen molar-refractivity contribution in [2.45, 2.75) is 57.2 Å². The van der Waals surface area contributed by atoms with Crippen molar-refractivity contribution in [2.24, 2.45) is 5.73 Å². The molecule has 1 amide bonds. The topological polar surface area (TPSA) is 72.9 Å². The van der Waals surface area contributed by atoms with E-state index in [9.17, 15) is 4.79 Å². The average molecular weight is 250 g/mol. The van der Waals surface area contributed by atoms with Crippen LogP contribution in [-0.2, 0) is 11.3 Å². The number of aryl methyl sites for hydroxylation is 1. The number of unbranched alkanes of at least 4 members (excludes halogenated alkanes) is 1. The Hall–Kier alpha value is -1.36. The van der Waals surface area contributed by atoms with Gasteiger partial charge in [-0.1, -0.05) is 0 Å². The van der Waals surface area contributed by atoms with Crippen LogP contribution in [0, 0.1) is 0 Å². The Bertz CT molecular complexity index is 386. The number of primary amides is 1. The van der Waals surface area contributed by atoms with Gasteiger partial charge in [0.05, 0.1) is 11.9 Å². The van der Waals surface area contributed by atoms with Gasteiger partial charge in [-0.2, -0.15) is 0 Å². The summed E-state index contributed by atoms with van der Waals surface area (Å²) in [5, 5.41) is 3.37. The molecule has 1 aliphatic rings. The minimum atomic E-state index is -0.546. The molecule has 0 spiro atoms. The first-order valence-electron chi connectivity index (χ1n) is 6.63. The number of hydrogen-bond acceptors (Lipinski definition) is 3.